The summed E-state index contributed by atoms with van der Waals surface area (Å²) < 4.78 is 18.2. The van der Waals surface area contributed by atoms with Gasteiger partial charge in [0.05, 0.1) is 20.3 Å². The van der Waals surface area contributed by atoms with Crippen LogP contribution in [0, 0.1) is 0 Å². The van der Waals surface area contributed by atoms with Crippen molar-refractivity contribution >= 4 is 17.0 Å². The fourth-order valence-electron chi connectivity index (χ4n) is 2.58. The molecule has 0 saturated heterocycles. The maximum absolute atomic E-state index is 6.05. The monoisotopic (exact) mass is 357 g/mol. The highest BCUT2D eigenvalue weighted by Gasteiger charge is 2.18. The summed E-state index contributed by atoms with van der Waals surface area (Å²) in [6, 6.07) is 10.7. The van der Waals surface area contributed by atoms with Crippen molar-refractivity contribution in [3.05, 3.63) is 35.9 Å². The number of methoxy groups -OCH3 is 1. The fourth-order valence-corrected chi connectivity index (χ4v) is 2.58. The molecular weight excluding hydrogens is 334 g/mol. The zero-order valence-electron chi connectivity index (χ0n) is 15.0. The van der Waals surface area contributed by atoms with Crippen LogP contribution in [0.5, 0.6) is 12.0 Å². The summed E-state index contributed by atoms with van der Waals surface area (Å²) >= 11 is 0. The Balaban J connectivity index is 1.87. The minimum atomic E-state index is 0.225. The van der Waals surface area contributed by atoms with Crippen LogP contribution in [0.1, 0.15) is 18.9 Å². The second kappa shape index (κ2) is 8.48. The third-order valence-electron chi connectivity index (χ3n) is 3.80. The molecule has 2 aromatic heterocycles. The summed E-state index contributed by atoms with van der Waals surface area (Å²) in [4.78, 5) is 13.1. The van der Waals surface area contributed by atoms with E-state index in [1.165, 1.54) is 0 Å². The normalized spacial score (nSPS) is 11.0. The number of anilines is 1. The smallest absolute Gasteiger partial charge is 0.320 e. The molecule has 0 unspecified atom stereocenters. The van der Waals surface area contributed by atoms with E-state index in [4.69, 9.17) is 19.9 Å². The molecule has 8 nitrogen and oxygen atoms in total. The predicted octanol–water partition coefficient (Wildman–Crippen LogP) is 2.27. The fraction of sp³-hybridized carbons (Fsp3) is 0.389. The molecule has 0 fully saturated rings. The average Bonchev–Trinajstić information content (AvgIpc) is 3.01. The zero-order chi connectivity index (χ0) is 18.4. The summed E-state index contributed by atoms with van der Waals surface area (Å²) in [6.07, 6.45) is 0.752. The highest BCUT2D eigenvalue weighted by atomic mass is 16.5. The Hall–Kier alpha value is -2.87. The summed E-state index contributed by atoms with van der Waals surface area (Å²) in [5.41, 5.74) is 8.23. The van der Waals surface area contributed by atoms with E-state index >= 15 is 0 Å². The largest absolute Gasteiger partial charge is 0.468 e. The lowest BCUT2D eigenvalue weighted by Crippen LogP contribution is -2.08. The minimum Gasteiger partial charge on any atom is -0.468 e. The van der Waals surface area contributed by atoms with Gasteiger partial charge < -0.3 is 19.9 Å². The second-order valence-corrected chi connectivity index (χ2v) is 5.63. The van der Waals surface area contributed by atoms with E-state index in [0.717, 1.165) is 12.0 Å². The van der Waals surface area contributed by atoms with Crippen LogP contribution in [0.2, 0.25) is 0 Å². The minimum absolute atomic E-state index is 0.225. The van der Waals surface area contributed by atoms with Gasteiger partial charge in [-0.15, -0.1) is 0 Å². The van der Waals surface area contributed by atoms with Crippen LogP contribution in [-0.2, 0) is 11.3 Å². The molecule has 2 N–H and O–H groups in total. The number of rotatable bonds is 9. The predicted molar refractivity (Wildman–Crippen MR) is 98.4 cm³/mol. The number of nitrogens with two attached hydrogens (primary N) is 1. The first-order valence-electron chi connectivity index (χ1n) is 8.55. The molecule has 0 bridgehead atoms. The number of nitrogens with zero attached hydrogens (tertiary/aromatic N) is 4. The van der Waals surface area contributed by atoms with E-state index in [0.29, 0.717) is 43.5 Å². The Labute approximate surface area is 151 Å². The number of fused-ring (bicyclic) bond motifs is 1. The van der Waals surface area contributed by atoms with Crippen molar-refractivity contribution in [1.29, 1.82) is 0 Å². The summed E-state index contributed by atoms with van der Waals surface area (Å²) in [7, 11) is 1.57. The van der Waals surface area contributed by atoms with Gasteiger partial charge in [-0.25, -0.2) is 0 Å². The van der Waals surface area contributed by atoms with Crippen LogP contribution >= 0.6 is 0 Å². The van der Waals surface area contributed by atoms with Crippen molar-refractivity contribution < 1.29 is 14.2 Å². The second-order valence-electron chi connectivity index (χ2n) is 5.63. The number of hydrogen-bond acceptors (Lipinski definition) is 7. The zero-order valence-corrected chi connectivity index (χ0v) is 15.0. The highest BCUT2D eigenvalue weighted by molar-refractivity contribution is 5.83. The summed E-state index contributed by atoms with van der Waals surface area (Å²) in [5, 5.41) is 0. The maximum Gasteiger partial charge on any atom is 0.320 e. The average molecular weight is 357 g/mol. The van der Waals surface area contributed by atoms with E-state index in [-0.39, 0.29) is 11.8 Å². The Kier molecular flexibility index (Phi) is 5.85. The van der Waals surface area contributed by atoms with Crippen LogP contribution in [0.3, 0.4) is 0 Å². The molecule has 0 aliphatic rings. The maximum atomic E-state index is 6.05. The van der Waals surface area contributed by atoms with Crippen molar-refractivity contribution in [1.82, 2.24) is 19.5 Å². The third-order valence-corrected chi connectivity index (χ3v) is 3.80. The van der Waals surface area contributed by atoms with E-state index in [2.05, 4.69) is 15.0 Å². The highest BCUT2D eigenvalue weighted by Crippen LogP contribution is 2.26. The molecule has 0 atom stereocenters. The number of hydrogen-bond donors (Lipinski definition) is 1. The Morgan fingerprint density at radius 1 is 1.08 bits per heavy atom. The third kappa shape index (κ3) is 4.02. The Bertz CT molecular complexity index is 851. The molecule has 8 heteroatoms. The van der Waals surface area contributed by atoms with Crippen LogP contribution < -0.4 is 15.2 Å². The van der Waals surface area contributed by atoms with Crippen molar-refractivity contribution in [2.24, 2.45) is 0 Å². The van der Waals surface area contributed by atoms with Crippen molar-refractivity contribution in [2.75, 3.05) is 32.7 Å². The molecule has 0 aliphatic heterocycles. The first kappa shape index (κ1) is 17.9. The van der Waals surface area contributed by atoms with Crippen LogP contribution in [0.4, 0.5) is 5.82 Å². The van der Waals surface area contributed by atoms with Crippen LogP contribution in [0.25, 0.3) is 11.2 Å². The number of imidazole rings is 1. The molecule has 1 aromatic carbocycles. The number of benzene rings is 1. The van der Waals surface area contributed by atoms with Gasteiger partial charge in [-0.3, -0.25) is 4.57 Å². The van der Waals surface area contributed by atoms with Crippen molar-refractivity contribution in [2.45, 2.75) is 19.9 Å². The van der Waals surface area contributed by atoms with Gasteiger partial charge in [-0.05, 0) is 12.5 Å². The topological polar surface area (TPSA) is 97.3 Å². The molecule has 0 saturated carbocycles. The van der Waals surface area contributed by atoms with Gasteiger partial charge >= 0.3 is 6.01 Å². The van der Waals surface area contributed by atoms with Gasteiger partial charge in [0.2, 0.25) is 0 Å². The molecule has 3 rings (SSSR count). The molecule has 138 valence electrons. The quantitative estimate of drug-likeness (QED) is 0.587. The molecule has 3 aromatic rings. The molecule has 0 spiro atoms. The standard InChI is InChI=1S/C18H23N5O3/c1-3-25-10-7-11-26-17-21-15(19)14-16(22-17)23(18(20-14)24-2)12-13-8-5-4-6-9-13/h4-6,8-9H,3,7,10-12H2,1-2H3,(H2,19,21,22). The lowest BCUT2D eigenvalue weighted by molar-refractivity contribution is 0.129. The Morgan fingerprint density at radius 3 is 2.62 bits per heavy atom. The van der Waals surface area contributed by atoms with Gasteiger partial charge in [-0.1, -0.05) is 30.3 Å². The Morgan fingerprint density at radius 2 is 1.88 bits per heavy atom. The van der Waals surface area contributed by atoms with Gasteiger partial charge in [-0.2, -0.15) is 15.0 Å². The van der Waals surface area contributed by atoms with Gasteiger partial charge in [0.1, 0.15) is 0 Å². The lowest BCUT2D eigenvalue weighted by atomic mass is 10.2. The molecular formula is C18H23N5O3. The van der Waals surface area contributed by atoms with E-state index in [9.17, 15) is 0 Å². The number of nitrogen functional groups attached to an aromatic ring is 1. The lowest BCUT2D eigenvalue weighted by Gasteiger charge is -2.09. The van der Waals surface area contributed by atoms with Gasteiger partial charge in [0.25, 0.3) is 6.01 Å². The van der Waals surface area contributed by atoms with E-state index in [1.807, 2.05) is 41.8 Å². The molecule has 0 amide bonds. The first-order valence-corrected chi connectivity index (χ1v) is 8.55. The summed E-state index contributed by atoms with van der Waals surface area (Å²) in [6.45, 7) is 4.29. The molecule has 26 heavy (non-hydrogen) atoms. The molecule has 0 radical (unpaired) electrons. The van der Waals surface area contributed by atoms with Crippen LogP contribution in [0.15, 0.2) is 30.3 Å². The summed E-state index contributed by atoms with van der Waals surface area (Å²) in [5.74, 6) is 0.264. The van der Waals surface area contributed by atoms with Gasteiger partial charge in [0, 0.05) is 19.6 Å². The molecule has 2 heterocycles. The van der Waals surface area contributed by atoms with Crippen molar-refractivity contribution in [3.63, 3.8) is 0 Å². The number of ether oxygens (including phenoxy) is 3. The first-order chi connectivity index (χ1) is 12.7. The van der Waals surface area contributed by atoms with E-state index in [1.54, 1.807) is 7.11 Å². The van der Waals surface area contributed by atoms with E-state index < -0.39 is 0 Å². The SMILES string of the molecule is CCOCCCOc1nc(N)c2nc(OC)n(Cc3ccccc3)c2n1. The van der Waals surface area contributed by atoms with Gasteiger partial charge in [0.15, 0.2) is 17.0 Å². The van der Waals surface area contributed by atoms with Crippen LogP contribution in [-0.4, -0.2) is 46.4 Å². The van der Waals surface area contributed by atoms with Crippen molar-refractivity contribution in [3.8, 4) is 12.0 Å². The number of aromatic nitrogens is 4. The molecule has 0 aliphatic carbocycles.